The van der Waals surface area contributed by atoms with Gasteiger partial charge in [-0.1, -0.05) is 15.9 Å². The van der Waals surface area contributed by atoms with Gasteiger partial charge in [-0.15, -0.1) is 4.83 Å². The van der Waals surface area contributed by atoms with Crippen LogP contribution in [-0.4, -0.2) is 27.7 Å². The van der Waals surface area contributed by atoms with Gasteiger partial charge in [-0.2, -0.15) is 0 Å². The molecule has 0 atom stereocenters. The van der Waals surface area contributed by atoms with Crippen molar-refractivity contribution < 1.29 is 27.4 Å². The summed E-state index contributed by atoms with van der Waals surface area (Å²) in [7, 11) is -4.04. The molecular weight excluding hydrogens is 428 g/mol. The lowest BCUT2D eigenvalue weighted by Crippen LogP contribution is -2.41. The molecule has 8 nitrogen and oxygen atoms in total. The lowest BCUT2D eigenvalue weighted by Gasteiger charge is -2.13. The summed E-state index contributed by atoms with van der Waals surface area (Å²) in [6.07, 6.45) is 0. The Labute approximate surface area is 158 Å². The molecule has 0 unspecified atom stereocenters. The molecule has 3 rings (SSSR count). The summed E-state index contributed by atoms with van der Waals surface area (Å²) in [4.78, 5) is 14.2. The van der Waals surface area contributed by atoms with Crippen molar-refractivity contribution in [2.24, 2.45) is 0 Å². The number of sulfonamides is 1. The summed E-state index contributed by atoms with van der Waals surface area (Å²) in [5.41, 5.74) is 2.39. The highest BCUT2D eigenvalue weighted by Gasteiger charge is 2.22. The SMILES string of the molecule is CCOc1ccc(Br)cc1S(=O)(=O)NNC(=O)c1ccc2c(c1)OCO2. The molecule has 0 saturated carbocycles. The molecule has 2 aromatic rings. The Morgan fingerprint density at radius 2 is 1.96 bits per heavy atom. The number of rotatable bonds is 6. The number of halogens is 1. The molecular formula is C16H15BrN2O6S. The second-order valence-electron chi connectivity index (χ2n) is 5.15. The topological polar surface area (TPSA) is 103 Å². The van der Waals surface area contributed by atoms with Gasteiger partial charge in [-0.25, -0.2) is 8.42 Å². The van der Waals surface area contributed by atoms with Crippen LogP contribution in [-0.2, 0) is 10.0 Å². The minimum absolute atomic E-state index is 0.0795. The molecule has 0 aliphatic carbocycles. The Hall–Kier alpha value is -2.30. The van der Waals surface area contributed by atoms with Crippen molar-refractivity contribution in [2.45, 2.75) is 11.8 Å². The maximum Gasteiger partial charge on any atom is 0.266 e. The molecule has 0 saturated heterocycles. The Morgan fingerprint density at radius 3 is 2.73 bits per heavy atom. The highest BCUT2D eigenvalue weighted by atomic mass is 79.9. The van der Waals surface area contributed by atoms with Crippen molar-refractivity contribution in [1.29, 1.82) is 0 Å². The number of hydrazine groups is 1. The van der Waals surface area contributed by atoms with Gasteiger partial charge < -0.3 is 14.2 Å². The van der Waals surface area contributed by atoms with Crippen molar-refractivity contribution in [1.82, 2.24) is 10.3 Å². The van der Waals surface area contributed by atoms with Crippen LogP contribution in [0.2, 0.25) is 0 Å². The minimum atomic E-state index is -4.04. The molecule has 0 spiro atoms. The molecule has 10 heteroatoms. The average Bonchev–Trinajstić information content (AvgIpc) is 3.09. The van der Waals surface area contributed by atoms with Crippen molar-refractivity contribution in [3.05, 3.63) is 46.4 Å². The van der Waals surface area contributed by atoms with Gasteiger partial charge in [0.1, 0.15) is 10.6 Å². The van der Waals surface area contributed by atoms with Crippen molar-refractivity contribution in [3.8, 4) is 17.2 Å². The molecule has 2 N–H and O–H groups in total. The minimum Gasteiger partial charge on any atom is -0.492 e. The van der Waals surface area contributed by atoms with Crippen LogP contribution in [0, 0.1) is 0 Å². The van der Waals surface area contributed by atoms with Crippen molar-refractivity contribution >= 4 is 31.9 Å². The first-order valence-corrected chi connectivity index (χ1v) is 9.82. The van der Waals surface area contributed by atoms with Crippen LogP contribution in [0.3, 0.4) is 0 Å². The average molecular weight is 443 g/mol. The summed E-state index contributed by atoms with van der Waals surface area (Å²) in [5, 5.41) is 0. The number of amides is 1. The normalized spacial score (nSPS) is 12.7. The maximum atomic E-state index is 12.5. The van der Waals surface area contributed by atoms with Crippen LogP contribution in [0.4, 0.5) is 0 Å². The largest absolute Gasteiger partial charge is 0.492 e. The zero-order valence-corrected chi connectivity index (χ0v) is 16.0. The quantitative estimate of drug-likeness (QED) is 0.664. The lowest BCUT2D eigenvalue weighted by molar-refractivity contribution is 0.0944. The monoisotopic (exact) mass is 442 g/mol. The Morgan fingerprint density at radius 1 is 1.19 bits per heavy atom. The van der Waals surface area contributed by atoms with Crippen molar-refractivity contribution in [2.75, 3.05) is 13.4 Å². The van der Waals surface area contributed by atoms with Crippen LogP contribution in [0.25, 0.3) is 0 Å². The third-order valence-corrected chi connectivity index (χ3v) is 5.19. The van der Waals surface area contributed by atoms with E-state index < -0.39 is 15.9 Å². The van der Waals surface area contributed by atoms with E-state index in [1.165, 1.54) is 24.3 Å². The zero-order valence-electron chi connectivity index (χ0n) is 13.6. The smallest absolute Gasteiger partial charge is 0.266 e. The van der Waals surface area contributed by atoms with Crippen LogP contribution in [0.5, 0.6) is 17.2 Å². The van der Waals surface area contributed by atoms with E-state index in [1.54, 1.807) is 19.1 Å². The molecule has 0 fully saturated rings. The van der Waals surface area contributed by atoms with E-state index in [0.717, 1.165) is 0 Å². The van der Waals surface area contributed by atoms with E-state index in [1.807, 2.05) is 0 Å². The van der Waals surface area contributed by atoms with Gasteiger partial charge in [0.25, 0.3) is 15.9 Å². The number of ether oxygens (including phenoxy) is 3. The lowest BCUT2D eigenvalue weighted by atomic mass is 10.2. The highest BCUT2D eigenvalue weighted by molar-refractivity contribution is 9.10. The third-order valence-electron chi connectivity index (χ3n) is 3.43. The molecule has 0 bridgehead atoms. The fourth-order valence-electron chi connectivity index (χ4n) is 2.25. The second-order valence-corrected chi connectivity index (χ2v) is 7.72. The fourth-order valence-corrected chi connectivity index (χ4v) is 3.77. The van der Waals surface area contributed by atoms with Gasteiger partial charge in [-0.05, 0) is 43.3 Å². The number of hydrogen-bond donors (Lipinski definition) is 2. The van der Waals surface area contributed by atoms with Crippen LogP contribution in [0.15, 0.2) is 45.8 Å². The van der Waals surface area contributed by atoms with Gasteiger partial charge in [0.2, 0.25) is 6.79 Å². The number of carbonyl (C=O) groups excluding carboxylic acids is 1. The first kappa shape index (κ1) is 18.5. The second kappa shape index (κ2) is 7.52. The fraction of sp³-hybridized carbons (Fsp3) is 0.188. The molecule has 138 valence electrons. The van der Waals surface area contributed by atoms with Crippen molar-refractivity contribution in [3.63, 3.8) is 0 Å². The summed E-state index contributed by atoms with van der Waals surface area (Å²) in [6, 6.07) is 9.13. The number of nitrogens with one attached hydrogen (secondary N) is 2. The summed E-state index contributed by atoms with van der Waals surface area (Å²) < 4.78 is 41.3. The molecule has 0 aromatic heterocycles. The predicted molar refractivity (Wildman–Crippen MR) is 95.7 cm³/mol. The molecule has 1 aliphatic heterocycles. The standard InChI is InChI=1S/C16H15BrN2O6S/c1-2-23-13-6-4-11(17)8-15(13)26(21,22)19-18-16(20)10-3-5-12-14(7-10)25-9-24-12/h3-8,19H,2,9H2,1H3,(H,18,20). The van der Waals surface area contributed by atoms with E-state index in [-0.39, 0.29) is 23.0 Å². The molecule has 1 heterocycles. The Bertz CT molecular complexity index is 948. The molecule has 1 aliphatic rings. The number of benzene rings is 2. The zero-order chi connectivity index (χ0) is 18.7. The van der Waals surface area contributed by atoms with E-state index in [2.05, 4.69) is 26.2 Å². The van der Waals surface area contributed by atoms with Crippen LogP contribution < -0.4 is 24.5 Å². The van der Waals surface area contributed by atoms with Gasteiger partial charge in [0.05, 0.1) is 6.61 Å². The van der Waals surface area contributed by atoms with Crippen LogP contribution >= 0.6 is 15.9 Å². The predicted octanol–water partition coefficient (Wildman–Crippen LogP) is 2.20. The van der Waals surface area contributed by atoms with Gasteiger partial charge in [-0.3, -0.25) is 10.2 Å². The Balaban J connectivity index is 1.76. The first-order chi connectivity index (χ1) is 12.4. The highest BCUT2D eigenvalue weighted by Crippen LogP contribution is 2.32. The van der Waals surface area contributed by atoms with E-state index in [4.69, 9.17) is 14.2 Å². The third kappa shape index (κ3) is 3.92. The summed E-state index contributed by atoms with van der Waals surface area (Å²) in [6.45, 7) is 2.12. The molecule has 1 amide bonds. The van der Waals surface area contributed by atoms with E-state index in [9.17, 15) is 13.2 Å². The first-order valence-electron chi connectivity index (χ1n) is 7.55. The molecule has 26 heavy (non-hydrogen) atoms. The number of hydrogen-bond acceptors (Lipinski definition) is 6. The van der Waals surface area contributed by atoms with Gasteiger partial charge in [0, 0.05) is 10.0 Å². The Kier molecular flexibility index (Phi) is 5.35. The van der Waals surface area contributed by atoms with Gasteiger partial charge in [0.15, 0.2) is 11.5 Å². The van der Waals surface area contributed by atoms with E-state index >= 15 is 0 Å². The van der Waals surface area contributed by atoms with E-state index in [0.29, 0.717) is 22.6 Å². The maximum absolute atomic E-state index is 12.5. The molecule has 2 aromatic carbocycles. The summed E-state index contributed by atoms with van der Waals surface area (Å²) in [5.74, 6) is 0.490. The molecule has 0 radical (unpaired) electrons. The number of carbonyl (C=O) groups is 1. The van der Waals surface area contributed by atoms with Gasteiger partial charge >= 0.3 is 0 Å². The number of fused-ring (bicyclic) bond motifs is 1. The van der Waals surface area contributed by atoms with Crippen LogP contribution in [0.1, 0.15) is 17.3 Å². The summed E-state index contributed by atoms with van der Waals surface area (Å²) >= 11 is 3.22.